The Balaban J connectivity index is 1.34. The third-order valence-electron chi connectivity index (χ3n) is 8.43. The second-order valence-electron chi connectivity index (χ2n) is 14.6. The first-order valence-electron chi connectivity index (χ1n) is 16.3. The zero-order valence-corrected chi connectivity index (χ0v) is 28.3. The number of pyridine rings is 1. The first-order chi connectivity index (χ1) is 22.2. The minimum absolute atomic E-state index is 0.136. The fourth-order valence-corrected chi connectivity index (χ4v) is 6.32. The van der Waals surface area contributed by atoms with Crippen molar-refractivity contribution in [1.29, 1.82) is 0 Å². The lowest BCUT2D eigenvalue weighted by Gasteiger charge is -2.52. The predicted molar refractivity (Wildman–Crippen MR) is 180 cm³/mol. The summed E-state index contributed by atoms with van der Waals surface area (Å²) in [5.41, 5.74) is 0.751. The average Bonchev–Trinajstić information content (AvgIpc) is 2.99. The molecule has 0 radical (unpaired) electrons. The van der Waals surface area contributed by atoms with Crippen LogP contribution in [-0.4, -0.2) is 64.6 Å². The van der Waals surface area contributed by atoms with Gasteiger partial charge in [-0.1, -0.05) is 54.6 Å². The summed E-state index contributed by atoms with van der Waals surface area (Å²) in [4.78, 5) is 45.9. The number of carbonyl (C=O) groups excluding carboxylic acids is 3. The third-order valence-corrected chi connectivity index (χ3v) is 8.43. The van der Waals surface area contributed by atoms with Crippen LogP contribution in [0.5, 0.6) is 0 Å². The summed E-state index contributed by atoms with van der Waals surface area (Å²) < 4.78 is 18.1. The standard InChI is InChI=1S/C37H47N4O6/c1-36(2,3)46-34(43)40(35(44)47-37(4,5)6)31-19-13-18-29(38-31)24-41-22-20-26(21-23-41)30(25-41)45-33(42)32(27-14-9-7-10-15-27)39-28-16-11-8-12-17-28/h7-19,26,30,32,39H,20-25H2,1-6H3/q+1/t26?,30-,32?,41?/m0/s1. The van der Waals surface area contributed by atoms with Crippen LogP contribution in [0.3, 0.4) is 0 Å². The molecular formula is C37H47N4O6+. The van der Waals surface area contributed by atoms with E-state index in [1.807, 2.05) is 66.7 Å². The van der Waals surface area contributed by atoms with E-state index < -0.39 is 29.4 Å². The molecule has 2 amide bonds. The molecule has 10 heteroatoms. The number of imide groups is 1. The normalized spacial score (nSPS) is 21.3. The van der Waals surface area contributed by atoms with Crippen LogP contribution >= 0.6 is 0 Å². The van der Waals surface area contributed by atoms with Crippen molar-refractivity contribution in [3.63, 3.8) is 0 Å². The minimum atomic E-state index is -0.855. The quantitative estimate of drug-likeness (QED) is 0.155. The molecule has 2 atom stereocenters. The van der Waals surface area contributed by atoms with Gasteiger partial charge in [0.25, 0.3) is 0 Å². The number of hydrogen-bond acceptors (Lipinski definition) is 8. The zero-order chi connectivity index (χ0) is 33.8. The molecule has 1 N–H and O–H groups in total. The summed E-state index contributed by atoms with van der Waals surface area (Å²) in [6.07, 6.45) is -0.0850. The van der Waals surface area contributed by atoms with Gasteiger partial charge >= 0.3 is 18.2 Å². The minimum Gasteiger partial charge on any atom is -0.454 e. The molecule has 3 saturated heterocycles. The molecule has 0 aliphatic carbocycles. The Morgan fingerprint density at radius 1 is 0.830 bits per heavy atom. The molecule has 10 nitrogen and oxygen atoms in total. The van der Waals surface area contributed by atoms with Crippen LogP contribution in [0.2, 0.25) is 0 Å². The van der Waals surface area contributed by atoms with Gasteiger partial charge in [0.15, 0.2) is 12.1 Å². The molecule has 4 heterocycles. The summed E-state index contributed by atoms with van der Waals surface area (Å²) in [6, 6.07) is 24.0. The number of aromatic nitrogens is 1. The zero-order valence-electron chi connectivity index (χ0n) is 28.3. The fourth-order valence-electron chi connectivity index (χ4n) is 6.32. The van der Waals surface area contributed by atoms with Crippen LogP contribution in [0.4, 0.5) is 21.1 Å². The highest BCUT2D eigenvalue weighted by molar-refractivity contribution is 6.08. The fraction of sp³-hybridized carbons (Fsp3) is 0.459. The van der Waals surface area contributed by atoms with Crippen molar-refractivity contribution in [2.45, 2.75) is 84.3 Å². The van der Waals surface area contributed by atoms with Gasteiger partial charge in [0.05, 0.1) is 18.8 Å². The topological polar surface area (TPSA) is 107 Å². The Labute approximate surface area is 277 Å². The van der Waals surface area contributed by atoms with Crippen molar-refractivity contribution in [3.05, 3.63) is 90.1 Å². The SMILES string of the molecule is CC(C)(C)OC(=O)N(C(=O)OC(C)(C)C)c1cccc(C[N+]23CCC(CC2)[C@@H](OC(=O)C(Nc2ccccc2)c2ccccc2)C3)n1. The van der Waals surface area contributed by atoms with Gasteiger partial charge in [0, 0.05) is 24.4 Å². The van der Waals surface area contributed by atoms with Gasteiger partial charge < -0.3 is 24.0 Å². The van der Waals surface area contributed by atoms with E-state index >= 15 is 0 Å². The Bertz CT molecular complexity index is 1510. The molecule has 47 heavy (non-hydrogen) atoms. The van der Waals surface area contributed by atoms with Crippen LogP contribution < -0.4 is 10.2 Å². The van der Waals surface area contributed by atoms with Crippen LogP contribution in [0.25, 0.3) is 0 Å². The average molecular weight is 644 g/mol. The van der Waals surface area contributed by atoms with Crippen molar-refractivity contribution in [3.8, 4) is 0 Å². The van der Waals surface area contributed by atoms with Gasteiger partial charge in [-0.3, -0.25) is 0 Å². The van der Waals surface area contributed by atoms with Crippen LogP contribution in [0.15, 0.2) is 78.9 Å². The van der Waals surface area contributed by atoms with Crippen molar-refractivity contribution in [2.75, 3.05) is 29.9 Å². The Kier molecular flexibility index (Phi) is 9.91. The van der Waals surface area contributed by atoms with E-state index in [-0.39, 0.29) is 17.9 Å². The second-order valence-corrected chi connectivity index (χ2v) is 14.6. The number of esters is 1. The molecule has 1 aromatic heterocycles. The molecule has 0 spiro atoms. The number of quaternary nitrogens is 1. The monoisotopic (exact) mass is 643 g/mol. The number of nitrogens with zero attached hydrogens (tertiary/aromatic N) is 3. The molecule has 0 saturated carbocycles. The van der Waals surface area contributed by atoms with Crippen molar-refractivity contribution in [1.82, 2.24) is 4.98 Å². The molecule has 3 aromatic rings. The first-order valence-corrected chi connectivity index (χ1v) is 16.3. The van der Waals surface area contributed by atoms with Crippen LogP contribution in [0, 0.1) is 5.92 Å². The number of ether oxygens (including phenoxy) is 3. The van der Waals surface area contributed by atoms with E-state index in [0.717, 1.165) is 47.8 Å². The largest absolute Gasteiger partial charge is 0.454 e. The third kappa shape index (κ3) is 8.88. The smallest absolute Gasteiger partial charge is 0.425 e. The number of nitrogens with one attached hydrogen (secondary N) is 1. The molecular weight excluding hydrogens is 596 g/mol. The molecule has 3 fully saturated rings. The van der Waals surface area contributed by atoms with Crippen molar-refractivity contribution >= 4 is 29.7 Å². The lowest BCUT2D eigenvalue weighted by molar-refractivity contribution is -0.958. The number of para-hydroxylation sites is 1. The molecule has 3 aliphatic rings. The molecule has 1 unspecified atom stereocenters. The highest BCUT2D eigenvalue weighted by atomic mass is 16.6. The first kappa shape index (κ1) is 33.9. The summed E-state index contributed by atoms with van der Waals surface area (Å²) in [5.74, 6) is 0.125. The van der Waals surface area contributed by atoms with Crippen molar-refractivity contribution in [2.24, 2.45) is 5.92 Å². The second kappa shape index (κ2) is 13.7. The molecule has 2 bridgehead atoms. The number of anilines is 2. The Hall–Kier alpha value is -4.44. The van der Waals surface area contributed by atoms with E-state index in [1.165, 1.54) is 0 Å². The summed E-state index contributed by atoms with van der Waals surface area (Å²) in [5, 5.41) is 3.37. The Morgan fingerprint density at radius 3 is 1.98 bits per heavy atom. The summed E-state index contributed by atoms with van der Waals surface area (Å²) in [6.45, 7) is 13.5. The van der Waals surface area contributed by atoms with E-state index in [1.54, 1.807) is 53.7 Å². The number of hydrogen-bond donors (Lipinski definition) is 1. The van der Waals surface area contributed by atoms with Gasteiger partial charge in [-0.25, -0.2) is 19.4 Å². The van der Waals surface area contributed by atoms with E-state index in [2.05, 4.69) is 5.32 Å². The molecule has 250 valence electrons. The molecule has 2 aromatic carbocycles. The Morgan fingerprint density at radius 2 is 1.40 bits per heavy atom. The van der Waals surface area contributed by atoms with Gasteiger partial charge in [-0.05, 0) is 71.4 Å². The van der Waals surface area contributed by atoms with Gasteiger partial charge in [-0.2, -0.15) is 4.90 Å². The number of amides is 2. The number of fused-ring (bicyclic) bond motifs is 3. The molecule has 6 rings (SSSR count). The van der Waals surface area contributed by atoms with Gasteiger partial charge in [0.2, 0.25) is 0 Å². The number of benzene rings is 2. The number of piperidine rings is 3. The van der Waals surface area contributed by atoms with E-state index in [9.17, 15) is 14.4 Å². The van der Waals surface area contributed by atoms with E-state index in [0.29, 0.717) is 23.5 Å². The maximum atomic E-state index is 13.8. The lowest BCUT2D eigenvalue weighted by Crippen LogP contribution is -2.64. The highest BCUT2D eigenvalue weighted by Crippen LogP contribution is 2.38. The van der Waals surface area contributed by atoms with Gasteiger partial charge in [0.1, 0.15) is 30.1 Å². The lowest BCUT2D eigenvalue weighted by atomic mass is 9.83. The predicted octanol–water partition coefficient (Wildman–Crippen LogP) is 7.26. The van der Waals surface area contributed by atoms with Crippen LogP contribution in [0.1, 0.15) is 71.7 Å². The summed E-state index contributed by atoms with van der Waals surface area (Å²) >= 11 is 0. The maximum absolute atomic E-state index is 13.8. The van der Waals surface area contributed by atoms with Gasteiger partial charge in [-0.15, -0.1) is 0 Å². The highest BCUT2D eigenvalue weighted by Gasteiger charge is 2.48. The number of rotatable bonds is 8. The van der Waals surface area contributed by atoms with E-state index in [4.69, 9.17) is 19.2 Å². The van der Waals surface area contributed by atoms with Crippen molar-refractivity contribution < 1.29 is 33.1 Å². The molecule has 3 aliphatic heterocycles. The van der Waals surface area contributed by atoms with Crippen LogP contribution in [-0.2, 0) is 25.5 Å². The number of carbonyl (C=O) groups is 3. The maximum Gasteiger partial charge on any atom is 0.425 e. The summed E-state index contributed by atoms with van der Waals surface area (Å²) in [7, 11) is 0.